The fraction of sp³-hybridized carbons (Fsp3) is 0.273. The van der Waals surface area contributed by atoms with Gasteiger partial charge in [0.1, 0.15) is 6.20 Å². The zero-order valence-electron chi connectivity index (χ0n) is 9.91. The third kappa shape index (κ3) is 2.45. The number of hydrogen-bond donors (Lipinski definition) is 0. The van der Waals surface area contributed by atoms with Crippen LogP contribution in [0.5, 0.6) is 0 Å². The molecule has 6 nitrogen and oxygen atoms in total. The second-order valence-corrected chi connectivity index (χ2v) is 5.37. The number of ketones is 1. The third-order valence-corrected chi connectivity index (χ3v) is 3.44. The van der Waals surface area contributed by atoms with Crippen molar-refractivity contribution in [1.82, 2.24) is 9.55 Å². The fourth-order valence-corrected chi connectivity index (χ4v) is 2.63. The molecule has 0 aliphatic heterocycles. The van der Waals surface area contributed by atoms with Crippen molar-refractivity contribution in [3.63, 3.8) is 0 Å². The van der Waals surface area contributed by atoms with Gasteiger partial charge in [-0.2, -0.15) is 0 Å². The number of hydrogen-bond acceptors (Lipinski definition) is 5. The number of nitro groups is 1. The van der Waals surface area contributed by atoms with E-state index in [4.69, 9.17) is 0 Å². The highest BCUT2D eigenvalue weighted by Gasteiger charge is 2.15. The van der Waals surface area contributed by atoms with Crippen molar-refractivity contribution >= 4 is 22.9 Å². The minimum atomic E-state index is -0.582. The molecule has 0 aliphatic carbocycles. The Balaban J connectivity index is 2.16. The van der Waals surface area contributed by atoms with Gasteiger partial charge in [0.25, 0.3) is 0 Å². The molecule has 0 radical (unpaired) electrons. The van der Waals surface area contributed by atoms with Crippen molar-refractivity contribution < 1.29 is 9.72 Å². The lowest BCUT2D eigenvalue weighted by atomic mass is 10.1. The third-order valence-electron chi connectivity index (χ3n) is 2.47. The van der Waals surface area contributed by atoms with Crippen molar-refractivity contribution in [1.29, 1.82) is 0 Å². The number of nitrogens with zero attached hydrogens (tertiary/aromatic N) is 3. The molecule has 2 rings (SSSR count). The van der Waals surface area contributed by atoms with Crippen molar-refractivity contribution in [2.45, 2.75) is 20.4 Å². The van der Waals surface area contributed by atoms with E-state index in [1.54, 1.807) is 11.3 Å². The minimum Gasteiger partial charge on any atom is -0.358 e. The Hall–Kier alpha value is -2.02. The maximum atomic E-state index is 12.0. The summed E-state index contributed by atoms with van der Waals surface area (Å²) >= 11 is 1.56. The zero-order valence-corrected chi connectivity index (χ0v) is 10.7. The van der Waals surface area contributed by atoms with E-state index in [1.807, 2.05) is 19.9 Å². The summed E-state index contributed by atoms with van der Waals surface area (Å²) < 4.78 is 1.42. The number of imidazole rings is 1. The lowest BCUT2D eigenvalue weighted by molar-refractivity contribution is -0.389. The Morgan fingerprint density at radius 3 is 2.78 bits per heavy atom. The second kappa shape index (κ2) is 4.69. The average Bonchev–Trinajstić information content (AvgIpc) is 2.85. The molecule has 0 atom stereocenters. The van der Waals surface area contributed by atoms with E-state index < -0.39 is 4.92 Å². The summed E-state index contributed by atoms with van der Waals surface area (Å²) in [6.07, 6.45) is 2.55. The molecule has 2 aromatic heterocycles. The predicted octanol–water partition coefficient (Wildman–Crippen LogP) is 2.35. The molecule has 0 saturated heterocycles. The number of Topliss-reactive ketones (excluding diaryl/α,β-unsaturated/α-hetero) is 1. The van der Waals surface area contributed by atoms with E-state index in [0.29, 0.717) is 5.56 Å². The fourth-order valence-electron chi connectivity index (χ4n) is 1.69. The molecule has 18 heavy (non-hydrogen) atoms. The summed E-state index contributed by atoms with van der Waals surface area (Å²) in [6, 6.07) is 1.84. The molecule has 2 aromatic rings. The predicted molar refractivity (Wildman–Crippen MR) is 67.0 cm³/mol. The molecule has 0 N–H and O–H groups in total. The van der Waals surface area contributed by atoms with Crippen LogP contribution in [0.25, 0.3) is 0 Å². The highest BCUT2D eigenvalue weighted by atomic mass is 32.1. The Bertz CT molecular complexity index is 615. The van der Waals surface area contributed by atoms with Crippen LogP contribution in [0.1, 0.15) is 20.1 Å². The van der Waals surface area contributed by atoms with Gasteiger partial charge in [0.2, 0.25) is 6.33 Å². The second-order valence-electron chi connectivity index (χ2n) is 3.91. The van der Waals surface area contributed by atoms with Crippen molar-refractivity contribution in [3.05, 3.63) is 44.0 Å². The maximum Gasteiger partial charge on any atom is 0.381 e. The summed E-state index contributed by atoms with van der Waals surface area (Å²) in [5.74, 6) is -0.315. The van der Waals surface area contributed by atoms with Gasteiger partial charge in [-0.3, -0.25) is 4.79 Å². The van der Waals surface area contributed by atoms with Gasteiger partial charge < -0.3 is 14.7 Å². The summed E-state index contributed by atoms with van der Waals surface area (Å²) in [5, 5.41) is 10.5. The summed E-state index contributed by atoms with van der Waals surface area (Å²) in [5.41, 5.74) is 0.675. The van der Waals surface area contributed by atoms with Crippen molar-refractivity contribution in [2.24, 2.45) is 0 Å². The molecule has 0 amide bonds. The highest BCUT2D eigenvalue weighted by Crippen LogP contribution is 2.21. The molecule has 0 fully saturated rings. The number of thiophene rings is 1. The van der Waals surface area contributed by atoms with Gasteiger partial charge in [-0.15, -0.1) is 11.3 Å². The van der Waals surface area contributed by atoms with Crippen LogP contribution in [-0.4, -0.2) is 20.3 Å². The van der Waals surface area contributed by atoms with Crippen LogP contribution in [0.4, 0.5) is 5.82 Å². The first-order valence-corrected chi connectivity index (χ1v) is 6.05. The smallest absolute Gasteiger partial charge is 0.358 e. The van der Waals surface area contributed by atoms with E-state index >= 15 is 0 Å². The standard InChI is InChI=1S/C11H11N3O3S/c1-7-3-9(8(2)18-7)10(15)4-13-5-11(12-6-13)14(16)17/h3,5-6H,4H2,1-2H3. The topological polar surface area (TPSA) is 78.0 Å². The first-order valence-electron chi connectivity index (χ1n) is 5.24. The number of rotatable bonds is 4. The van der Waals surface area contributed by atoms with E-state index in [-0.39, 0.29) is 18.1 Å². The van der Waals surface area contributed by atoms with Gasteiger partial charge in [-0.25, -0.2) is 0 Å². The number of carbonyl (C=O) groups is 1. The molecule has 0 bridgehead atoms. The van der Waals surface area contributed by atoms with E-state index in [1.165, 1.54) is 17.1 Å². The van der Waals surface area contributed by atoms with E-state index in [9.17, 15) is 14.9 Å². The van der Waals surface area contributed by atoms with Crippen molar-refractivity contribution in [3.8, 4) is 0 Å². The van der Waals surface area contributed by atoms with Crippen LogP contribution >= 0.6 is 11.3 Å². The lowest BCUT2D eigenvalue weighted by Gasteiger charge is -1.99. The Morgan fingerprint density at radius 1 is 1.56 bits per heavy atom. The van der Waals surface area contributed by atoms with Crippen LogP contribution in [-0.2, 0) is 6.54 Å². The Morgan fingerprint density at radius 2 is 2.28 bits per heavy atom. The van der Waals surface area contributed by atoms with Gasteiger partial charge in [0.15, 0.2) is 5.78 Å². The largest absolute Gasteiger partial charge is 0.381 e. The molecule has 2 heterocycles. The van der Waals surface area contributed by atoms with Crippen LogP contribution in [0.2, 0.25) is 0 Å². The Kier molecular flexibility index (Phi) is 3.24. The van der Waals surface area contributed by atoms with Crippen LogP contribution in [0, 0.1) is 24.0 Å². The SMILES string of the molecule is Cc1cc(C(=O)Cn2cnc([N+](=O)[O-])c2)c(C)s1. The van der Waals surface area contributed by atoms with Crippen molar-refractivity contribution in [2.75, 3.05) is 0 Å². The van der Waals surface area contributed by atoms with Crippen LogP contribution < -0.4 is 0 Å². The van der Waals surface area contributed by atoms with Gasteiger partial charge in [0, 0.05) is 15.3 Å². The van der Waals surface area contributed by atoms with Gasteiger partial charge in [-0.1, -0.05) is 0 Å². The minimum absolute atomic E-state index is 0.0656. The zero-order chi connectivity index (χ0) is 13.3. The normalized spacial score (nSPS) is 10.6. The molecule has 94 valence electrons. The van der Waals surface area contributed by atoms with Gasteiger partial charge in [-0.05, 0) is 29.8 Å². The molecular formula is C11H11N3O3S. The molecule has 0 saturated carbocycles. The highest BCUT2D eigenvalue weighted by molar-refractivity contribution is 7.12. The van der Waals surface area contributed by atoms with Crippen LogP contribution in [0.15, 0.2) is 18.6 Å². The lowest BCUT2D eigenvalue weighted by Crippen LogP contribution is -2.09. The molecule has 0 spiro atoms. The molecule has 0 aromatic carbocycles. The first-order chi connectivity index (χ1) is 8.47. The maximum absolute atomic E-state index is 12.0. The summed E-state index contributed by atoms with van der Waals surface area (Å²) in [6.45, 7) is 3.90. The molecule has 0 unspecified atom stereocenters. The summed E-state index contributed by atoms with van der Waals surface area (Å²) in [7, 11) is 0. The molecule has 7 heteroatoms. The quantitative estimate of drug-likeness (QED) is 0.483. The average molecular weight is 265 g/mol. The molecule has 0 aliphatic rings. The van der Waals surface area contributed by atoms with E-state index in [2.05, 4.69) is 4.98 Å². The van der Waals surface area contributed by atoms with Gasteiger partial charge in [0.05, 0.1) is 6.54 Å². The summed E-state index contributed by atoms with van der Waals surface area (Å²) in [4.78, 5) is 27.6. The van der Waals surface area contributed by atoms with E-state index in [0.717, 1.165) is 9.75 Å². The van der Waals surface area contributed by atoms with Gasteiger partial charge >= 0.3 is 5.82 Å². The number of carbonyl (C=O) groups excluding carboxylic acids is 1. The molecular weight excluding hydrogens is 254 g/mol. The monoisotopic (exact) mass is 265 g/mol. The Labute approximate surface area is 107 Å². The number of aromatic nitrogens is 2. The van der Waals surface area contributed by atoms with Crippen LogP contribution in [0.3, 0.4) is 0 Å². The first kappa shape index (κ1) is 12.4. The number of aryl methyl sites for hydroxylation is 2.